The van der Waals surface area contributed by atoms with Gasteiger partial charge in [-0.1, -0.05) is 0 Å². The number of aliphatic hydroxyl groups excluding tert-OH is 1. The molecule has 1 aliphatic rings. The molecule has 17 heavy (non-hydrogen) atoms. The minimum absolute atomic E-state index is 0.000360. The molecule has 0 aromatic rings. The van der Waals surface area contributed by atoms with Gasteiger partial charge in [0.05, 0.1) is 25.9 Å². The first kappa shape index (κ1) is 14.7. The molecule has 0 aromatic carbocycles. The third-order valence-corrected chi connectivity index (χ3v) is 2.65. The highest BCUT2D eigenvalue weighted by Crippen LogP contribution is 2.17. The van der Waals surface area contributed by atoms with Crippen LogP contribution in [0.3, 0.4) is 0 Å². The fourth-order valence-corrected chi connectivity index (χ4v) is 1.81. The molecule has 0 radical (unpaired) electrons. The van der Waals surface area contributed by atoms with Crippen LogP contribution in [0.1, 0.15) is 12.8 Å². The van der Waals surface area contributed by atoms with Crippen molar-refractivity contribution in [2.45, 2.75) is 25.3 Å². The second-order valence-electron chi connectivity index (χ2n) is 3.93. The summed E-state index contributed by atoms with van der Waals surface area (Å²) in [7, 11) is 0. The molecule has 0 spiro atoms. The molecule has 7 heteroatoms. The van der Waals surface area contributed by atoms with Gasteiger partial charge >= 0.3 is 6.36 Å². The van der Waals surface area contributed by atoms with Gasteiger partial charge in [-0.15, -0.1) is 13.2 Å². The molecule has 0 unspecified atom stereocenters. The van der Waals surface area contributed by atoms with Crippen LogP contribution < -0.4 is 0 Å². The van der Waals surface area contributed by atoms with Crippen LogP contribution in [0, 0.1) is 0 Å². The Bertz CT molecular complexity index is 205. The highest BCUT2D eigenvalue weighted by molar-refractivity contribution is 4.72. The number of likely N-dealkylation sites (tertiary alicyclic amines) is 1. The van der Waals surface area contributed by atoms with E-state index in [1.807, 2.05) is 4.90 Å². The van der Waals surface area contributed by atoms with Crippen LogP contribution in [-0.2, 0) is 9.47 Å². The van der Waals surface area contributed by atoms with Crippen LogP contribution in [0.25, 0.3) is 0 Å². The van der Waals surface area contributed by atoms with Gasteiger partial charge in [-0.05, 0) is 12.8 Å². The summed E-state index contributed by atoms with van der Waals surface area (Å²) in [6, 6.07) is 0. The molecular weight excluding hydrogens is 239 g/mol. The summed E-state index contributed by atoms with van der Waals surface area (Å²) in [5, 5.41) is 8.58. The molecule has 0 aliphatic carbocycles. The van der Waals surface area contributed by atoms with Crippen LogP contribution in [0.5, 0.6) is 0 Å². The van der Waals surface area contributed by atoms with Gasteiger partial charge in [0.1, 0.15) is 0 Å². The first-order valence-corrected chi connectivity index (χ1v) is 5.67. The predicted molar refractivity (Wildman–Crippen MR) is 54.5 cm³/mol. The molecule has 4 nitrogen and oxygen atoms in total. The Morgan fingerprint density at radius 1 is 1.18 bits per heavy atom. The fourth-order valence-electron chi connectivity index (χ4n) is 1.81. The zero-order chi connectivity index (χ0) is 12.7. The molecule has 0 atom stereocenters. The molecule has 1 fully saturated rings. The number of rotatable bonds is 6. The lowest BCUT2D eigenvalue weighted by molar-refractivity contribution is -0.325. The Kier molecular flexibility index (Phi) is 6.18. The molecule has 0 bridgehead atoms. The van der Waals surface area contributed by atoms with Gasteiger partial charge in [0, 0.05) is 19.6 Å². The Labute approximate surface area is 98.3 Å². The summed E-state index contributed by atoms with van der Waals surface area (Å²) in [5.41, 5.74) is 0. The summed E-state index contributed by atoms with van der Waals surface area (Å²) < 4.78 is 44.2. The molecule has 1 N–H and O–H groups in total. The number of halogens is 3. The Balaban J connectivity index is 2.07. The van der Waals surface area contributed by atoms with E-state index in [1.165, 1.54) is 0 Å². The van der Waals surface area contributed by atoms with E-state index in [-0.39, 0.29) is 25.9 Å². The Morgan fingerprint density at radius 3 is 2.35 bits per heavy atom. The summed E-state index contributed by atoms with van der Waals surface area (Å²) in [6.07, 6.45) is -2.86. The van der Waals surface area contributed by atoms with E-state index < -0.39 is 6.36 Å². The number of hydrogen-bond acceptors (Lipinski definition) is 4. The normalized spacial score (nSPS) is 19.8. The molecular formula is C10H18F3NO3. The van der Waals surface area contributed by atoms with E-state index in [0.29, 0.717) is 19.7 Å². The molecule has 1 saturated heterocycles. The minimum atomic E-state index is -4.54. The first-order valence-electron chi connectivity index (χ1n) is 5.67. The van der Waals surface area contributed by atoms with E-state index in [1.54, 1.807) is 0 Å². The van der Waals surface area contributed by atoms with Crippen LogP contribution in [-0.4, -0.2) is 61.9 Å². The maximum Gasteiger partial charge on any atom is 0.522 e. The lowest BCUT2D eigenvalue weighted by Crippen LogP contribution is -2.39. The van der Waals surface area contributed by atoms with Crippen molar-refractivity contribution in [1.82, 2.24) is 4.90 Å². The highest BCUT2D eigenvalue weighted by Gasteiger charge is 2.29. The van der Waals surface area contributed by atoms with Gasteiger partial charge in [-0.2, -0.15) is 0 Å². The van der Waals surface area contributed by atoms with Gasteiger partial charge in [0.15, 0.2) is 0 Å². The lowest BCUT2D eigenvalue weighted by atomic mass is 10.1. The lowest BCUT2D eigenvalue weighted by Gasteiger charge is -2.31. The predicted octanol–water partition coefficient (Wildman–Crippen LogP) is 0.996. The van der Waals surface area contributed by atoms with E-state index in [0.717, 1.165) is 12.8 Å². The van der Waals surface area contributed by atoms with Crippen molar-refractivity contribution in [2.24, 2.45) is 0 Å². The third-order valence-electron chi connectivity index (χ3n) is 2.65. The van der Waals surface area contributed by atoms with Crippen molar-refractivity contribution in [3.63, 3.8) is 0 Å². The molecule has 1 aliphatic heterocycles. The van der Waals surface area contributed by atoms with Gasteiger partial charge in [-0.25, -0.2) is 0 Å². The minimum Gasteiger partial charge on any atom is -0.394 e. The maximum atomic E-state index is 11.7. The molecule has 0 aromatic heterocycles. The average molecular weight is 257 g/mol. The Morgan fingerprint density at radius 2 is 1.82 bits per heavy atom. The number of aliphatic hydroxyl groups is 1. The van der Waals surface area contributed by atoms with E-state index in [9.17, 15) is 13.2 Å². The standard InChI is InChI=1S/C10H18F3NO3/c11-10(12,13)17-7-5-14-3-1-9(2-4-14)16-8-6-15/h9,15H,1-8H2. The molecule has 1 heterocycles. The fraction of sp³-hybridized carbons (Fsp3) is 1.00. The number of ether oxygens (including phenoxy) is 2. The monoisotopic (exact) mass is 257 g/mol. The molecule has 1 rings (SSSR count). The van der Waals surface area contributed by atoms with Crippen LogP contribution >= 0.6 is 0 Å². The molecule has 0 saturated carbocycles. The Hall–Kier alpha value is -0.370. The smallest absolute Gasteiger partial charge is 0.394 e. The topological polar surface area (TPSA) is 41.9 Å². The van der Waals surface area contributed by atoms with Gasteiger partial charge < -0.3 is 14.7 Å². The number of nitrogens with zero attached hydrogens (tertiary/aromatic N) is 1. The second kappa shape index (κ2) is 7.15. The second-order valence-corrected chi connectivity index (χ2v) is 3.93. The van der Waals surface area contributed by atoms with Gasteiger partial charge in [0.2, 0.25) is 0 Å². The summed E-state index contributed by atoms with van der Waals surface area (Å²) in [6.45, 7) is 1.69. The van der Waals surface area contributed by atoms with Crippen molar-refractivity contribution in [3.8, 4) is 0 Å². The third kappa shape index (κ3) is 6.82. The zero-order valence-corrected chi connectivity index (χ0v) is 9.58. The van der Waals surface area contributed by atoms with E-state index in [2.05, 4.69) is 4.74 Å². The maximum absolute atomic E-state index is 11.7. The van der Waals surface area contributed by atoms with E-state index >= 15 is 0 Å². The van der Waals surface area contributed by atoms with E-state index in [4.69, 9.17) is 9.84 Å². The van der Waals surface area contributed by atoms with Crippen LogP contribution in [0.15, 0.2) is 0 Å². The quantitative estimate of drug-likeness (QED) is 0.770. The number of hydrogen-bond donors (Lipinski definition) is 1. The van der Waals surface area contributed by atoms with Crippen molar-refractivity contribution in [1.29, 1.82) is 0 Å². The zero-order valence-electron chi connectivity index (χ0n) is 9.58. The molecule has 0 amide bonds. The number of piperidine rings is 1. The van der Waals surface area contributed by atoms with Gasteiger partial charge in [-0.3, -0.25) is 4.74 Å². The highest BCUT2D eigenvalue weighted by atomic mass is 19.4. The van der Waals surface area contributed by atoms with Crippen molar-refractivity contribution >= 4 is 0 Å². The first-order chi connectivity index (χ1) is 8.01. The number of alkyl halides is 3. The molecule has 102 valence electrons. The summed E-state index contributed by atoms with van der Waals surface area (Å²) >= 11 is 0. The van der Waals surface area contributed by atoms with Crippen molar-refractivity contribution in [3.05, 3.63) is 0 Å². The van der Waals surface area contributed by atoms with Gasteiger partial charge in [0.25, 0.3) is 0 Å². The van der Waals surface area contributed by atoms with Crippen LogP contribution in [0.4, 0.5) is 13.2 Å². The average Bonchev–Trinajstić information content (AvgIpc) is 2.26. The van der Waals surface area contributed by atoms with Crippen molar-refractivity contribution < 1.29 is 27.8 Å². The van der Waals surface area contributed by atoms with Crippen molar-refractivity contribution in [2.75, 3.05) is 39.5 Å². The summed E-state index contributed by atoms with van der Waals surface area (Å²) in [5.74, 6) is 0. The van der Waals surface area contributed by atoms with Crippen LogP contribution in [0.2, 0.25) is 0 Å². The summed E-state index contributed by atoms with van der Waals surface area (Å²) in [4.78, 5) is 1.92. The largest absolute Gasteiger partial charge is 0.522 e. The SMILES string of the molecule is OCCOC1CCN(CCOC(F)(F)F)CC1.